The van der Waals surface area contributed by atoms with Gasteiger partial charge in [-0.1, -0.05) is 27.7 Å². The zero-order chi connectivity index (χ0) is 13.6. The van der Waals surface area contributed by atoms with Crippen molar-refractivity contribution in [3.63, 3.8) is 0 Å². The molecule has 104 valence electrons. The van der Waals surface area contributed by atoms with Crippen molar-refractivity contribution < 1.29 is 0 Å². The Morgan fingerprint density at radius 3 is 2.00 bits per heavy atom. The van der Waals surface area contributed by atoms with Gasteiger partial charge < -0.3 is 10.6 Å². The standard InChI is InChI=1S/C14H33N3/c1-8-17(12(2)11-16(6)7)13(10-15)9-14(3,4)5/h12-13H,8-11,15H2,1-7H3. The molecule has 3 nitrogen and oxygen atoms in total. The zero-order valence-electron chi connectivity index (χ0n) is 13.0. The maximum Gasteiger partial charge on any atom is 0.0226 e. The van der Waals surface area contributed by atoms with Crippen molar-refractivity contribution >= 4 is 0 Å². The summed E-state index contributed by atoms with van der Waals surface area (Å²) in [6.07, 6.45) is 1.16. The van der Waals surface area contributed by atoms with Crippen LogP contribution in [0.15, 0.2) is 0 Å². The van der Waals surface area contributed by atoms with Crippen LogP contribution in [0.5, 0.6) is 0 Å². The normalized spacial score (nSPS) is 16.6. The van der Waals surface area contributed by atoms with Crippen LogP contribution in [-0.4, -0.2) is 55.6 Å². The minimum Gasteiger partial charge on any atom is -0.329 e. The van der Waals surface area contributed by atoms with Crippen molar-refractivity contribution in [2.75, 3.05) is 33.7 Å². The first-order chi connectivity index (χ1) is 7.71. The molecule has 0 aromatic heterocycles. The van der Waals surface area contributed by atoms with E-state index < -0.39 is 0 Å². The van der Waals surface area contributed by atoms with Gasteiger partial charge >= 0.3 is 0 Å². The highest BCUT2D eigenvalue weighted by molar-refractivity contribution is 4.82. The molecular formula is C14H33N3. The van der Waals surface area contributed by atoms with Gasteiger partial charge in [0.1, 0.15) is 0 Å². The predicted molar refractivity (Wildman–Crippen MR) is 77.3 cm³/mol. The molecule has 0 heterocycles. The van der Waals surface area contributed by atoms with Gasteiger partial charge in [-0.05, 0) is 39.4 Å². The Labute approximate surface area is 108 Å². The summed E-state index contributed by atoms with van der Waals surface area (Å²) in [7, 11) is 4.26. The minimum atomic E-state index is 0.343. The van der Waals surface area contributed by atoms with Crippen molar-refractivity contribution in [2.24, 2.45) is 11.1 Å². The number of likely N-dealkylation sites (N-methyl/N-ethyl adjacent to an activating group) is 2. The lowest BCUT2D eigenvalue weighted by Gasteiger charge is -2.39. The maximum absolute atomic E-state index is 5.97. The smallest absolute Gasteiger partial charge is 0.0226 e. The van der Waals surface area contributed by atoms with Crippen LogP contribution in [0.2, 0.25) is 0 Å². The molecule has 0 aromatic carbocycles. The van der Waals surface area contributed by atoms with Gasteiger partial charge in [0.2, 0.25) is 0 Å². The van der Waals surface area contributed by atoms with Gasteiger partial charge in [-0.15, -0.1) is 0 Å². The average molecular weight is 243 g/mol. The van der Waals surface area contributed by atoms with Crippen molar-refractivity contribution in [1.29, 1.82) is 0 Å². The second-order valence-electron chi connectivity index (χ2n) is 6.60. The monoisotopic (exact) mass is 243 g/mol. The summed E-state index contributed by atoms with van der Waals surface area (Å²) in [5.41, 5.74) is 6.31. The first-order valence-electron chi connectivity index (χ1n) is 6.81. The molecule has 0 amide bonds. The molecule has 0 saturated heterocycles. The van der Waals surface area contributed by atoms with Crippen LogP contribution in [-0.2, 0) is 0 Å². The lowest BCUT2D eigenvalue weighted by molar-refractivity contribution is 0.102. The Morgan fingerprint density at radius 2 is 1.71 bits per heavy atom. The predicted octanol–water partition coefficient (Wildman–Crippen LogP) is 2.02. The summed E-state index contributed by atoms with van der Waals surface area (Å²) in [5, 5.41) is 0. The van der Waals surface area contributed by atoms with E-state index >= 15 is 0 Å². The maximum atomic E-state index is 5.97. The zero-order valence-corrected chi connectivity index (χ0v) is 13.0. The average Bonchev–Trinajstić information content (AvgIpc) is 2.14. The Bertz CT molecular complexity index is 196. The van der Waals surface area contributed by atoms with Crippen LogP contribution in [0, 0.1) is 5.41 Å². The van der Waals surface area contributed by atoms with Crippen LogP contribution >= 0.6 is 0 Å². The first-order valence-corrected chi connectivity index (χ1v) is 6.81. The van der Waals surface area contributed by atoms with Gasteiger partial charge in [-0.3, -0.25) is 4.90 Å². The van der Waals surface area contributed by atoms with Gasteiger partial charge in [0.15, 0.2) is 0 Å². The summed E-state index contributed by atoms with van der Waals surface area (Å²) < 4.78 is 0. The number of nitrogens with two attached hydrogens (primary N) is 1. The van der Waals surface area contributed by atoms with Gasteiger partial charge in [-0.25, -0.2) is 0 Å². The van der Waals surface area contributed by atoms with E-state index in [1.807, 2.05) is 0 Å². The molecule has 0 aromatic rings. The third-order valence-corrected chi connectivity index (χ3v) is 3.15. The van der Waals surface area contributed by atoms with E-state index in [-0.39, 0.29) is 0 Å². The number of hydrogen-bond acceptors (Lipinski definition) is 3. The Kier molecular flexibility index (Phi) is 7.29. The highest BCUT2D eigenvalue weighted by atomic mass is 15.2. The topological polar surface area (TPSA) is 32.5 Å². The van der Waals surface area contributed by atoms with Gasteiger partial charge in [0.25, 0.3) is 0 Å². The van der Waals surface area contributed by atoms with Crippen molar-refractivity contribution in [1.82, 2.24) is 9.80 Å². The van der Waals surface area contributed by atoms with Crippen molar-refractivity contribution in [3.05, 3.63) is 0 Å². The van der Waals surface area contributed by atoms with Crippen molar-refractivity contribution in [2.45, 2.75) is 53.1 Å². The summed E-state index contributed by atoms with van der Waals surface area (Å²) >= 11 is 0. The molecule has 0 saturated carbocycles. The Balaban J connectivity index is 4.57. The molecule has 17 heavy (non-hydrogen) atoms. The number of rotatable bonds is 7. The van der Waals surface area contributed by atoms with E-state index in [2.05, 4.69) is 58.5 Å². The molecule has 0 rings (SSSR count). The van der Waals surface area contributed by atoms with Crippen LogP contribution in [0.25, 0.3) is 0 Å². The van der Waals surface area contributed by atoms with Crippen molar-refractivity contribution in [3.8, 4) is 0 Å². The van der Waals surface area contributed by atoms with Crippen LogP contribution in [0.3, 0.4) is 0 Å². The molecular weight excluding hydrogens is 210 g/mol. The summed E-state index contributed by atoms with van der Waals surface area (Å²) in [4.78, 5) is 4.79. The fourth-order valence-electron chi connectivity index (χ4n) is 2.61. The summed E-state index contributed by atoms with van der Waals surface area (Å²) in [5.74, 6) is 0. The van der Waals surface area contributed by atoms with Crippen LogP contribution < -0.4 is 5.73 Å². The highest BCUT2D eigenvalue weighted by Gasteiger charge is 2.25. The van der Waals surface area contributed by atoms with Gasteiger partial charge in [0.05, 0.1) is 0 Å². The molecule has 0 aliphatic carbocycles. The Morgan fingerprint density at radius 1 is 1.18 bits per heavy atom. The molecule has 0 fully saturated rings. The second-order valence-corrected chi connectivity index (χ2v) is 6.60. The highest BCUT2D eigenvalue weighted by Crippen LogP contribution is 2.24. The molecule has 0 aliphatic rings. The van der Waals surface area contributed by atoms with E-state index in [1.165, 1.54) is 0 Å². The summed E-state index contributed by atoms with van der Waals surface area (Å²) in [6.45, 7) is 14.3. The summed E-state index contributed by atoms with van der Waals surface area (Å²) in [6, 6.07) is 1.06. The van der Waals surface area contributed by atoms with E-state index in [9.17, 15) is 0 Å². The van der Waals surface area contributed by atoms with E-state index in [0.29, 0.717) is 17.5 Å². The molecule has 3 heteroatoms. The third-order valence-electron chi connectivity index (χ3n) is 3.15. The Hall–Kier alpha value is -0.120. The third kappa shape index (κ3) is 7.02. The minimum absolute atomic E-state index is 0.343. The molecule has 2 atom stereocenters. The van der Waals surface area contributed by atoms with E-state index in [0.717, 1.165) is 26.1 Å². The number of hydrogen-bond donors (Lipinski definition) is 1. The lowest BCUT2D eigenvalue weighted by Crippen LogP contribution is -2.50. The molecule has 0 spiro atoms. The SMILES string of the molecule is CCN(C(C)CN(C)C)C(CN)CC(C)(C)C. The molecule has 2 N–H and O–H groups in total. The number of nitrogens with zero attached hydrogens (tertiary/aromatic N) is 2. The second kappa shape index (κ2) is 7.34. The van der Waals surface area contributed by atoms with E-state index in [4.69, 9.17) is 5.73 Å². The van der Waals surface area contributed by atoms with Gasteiger partial charge in [0, 0.05) is 25.2 Å². The fraction of sp³-hybridized carbons (Fsp3) is 1.00. The van der Waals surface area contributed by atoms with Crippen LogP contribution in [0.4, 0.5) is 0 Å². The lowest BCUT2D eigenvalue weighted by atomic mass is 9.87. The first kappa shape index (κ1) is 16.9. The molecule has 0 bridgehead atoms. The van der Waals surface area contributed by atoms with Gasteiger partial charge in [-0.2, -0.15) is 0 Å². The van der Waals surface area contributed by atoms with Crippen LogP contribution in [0.1, 0.15) is 41.0 Å². The molecule has 0 radical (unpaired) electrons. The largest absolute Gasteiger partial charge is 0.329 e. The quantitative estimate of drug-likeness (QED) is 0.742. The molecule has 0 aliphatic heterocycles. The molecule has 2 unspecified atom stereocenters. The van der Waals surface area contributed by atoms with E-state index in [1.54, 1.807) is 0 Å². The fourth-order valence-corrected chi connectivity index (χ4v) is 2.61.